The van der Waals surface area contributed by atoms with Crippen molar-refractivity contribution >= 4 is 6.09 Å². The predicted octanol–water partition coefficient (Wildman–Crippen LogP) is 3.87. The number of rotatable bonds is 4. The number of ether oxygens (including phenoxy) is 1. The quantitative estimate of drug-likeness (QED) is 0.918. The molecule has 22 heavy (non-hydrogen) atoms. The maximum absolute atomic E-state index is 11.1. The number of carbonyl (C=O) groups is 1. The summed E-state index contributed by atoms with van der Waals surface area (Å²) in [6.45, 7) is 1.22. The Bertz CT molecular complexity index is 482. The lowest BCUT2D eigenvalue weighted by atomic mass is 9.83. The third kappa shape index (κ3) is 3.61. The Morgan fingerprint density at radius 1 is 1.14 bits per heavy atom. The van der Waals surface area contributed by atoms with Crippen LogP contribution in [0.5, 0.6) is 0 Å². The van der Waals surface area contributed by atoms with Crippen LogP contribution in [0.3, 0.4) is 0 Å². The van der Waals surface area contributed by atoms with E-state index in [0.717, 1.165) is 25.7 Å². The van der Waals surface area contributed by atoms with Gasteiger partial charge in [-0.05, 0) is 50.0 Å². The Morgan fingerprint density at radius 2 is 1.86 bits per heavy atom. The maximum Gasteiger partial charge on any atom is 0.407 e. The molecule has 1 saturated carbocycles. The van der Waals surface area contributed by atoms with E-state index < -0.39 is 6.09 Å². The van der Waals surface area contributed by atoms with Crippen molar-refractivity contribution in [3.63, 3.8) is 0 Å². The number of hydrogen-bond acceptors (Lipinski definition) is 2. The molecule has 2 aliphatic rings. The molecule has 4 nitrogen and oxygen atoms in total. The molecule has 1 heterocycles. The van der Waals surface area contributed by atoms with E-state index in [1.807, 2.05) is 0 Å². The molecule has 1 atom stereocenters. The third-order valence-corrected chi connectivity index (χ3v) is 5.09. The van der Waals surface area contributed by atoms with E-state index in [1.54, 1.807) is 0 Å². The number of likely N-dealkylation sites (tertiary alicyclic amines) is 1. The van der Waals surface area contributed by atoms with E-state index in [1.165, 1.54) is 23.3 Å². The van der Waals surface area contributed by atoms with Crippen LogP contribution in [0.25, 0.3) is 0 Å². The van der Waals surface area contributed by atoms with E-state index in [0.29, 0.717) is 25.2 Å². The second kappa shape index (κ2) is 7.14. The minimum absolute atomic E-state index is 0.0596. The number of carboxylic acid groups (broad SMARTS) is 1. The van der Waals surface area contributed by atoms with Crippen molar-refractivity contribution in [2.75, 3.05) is 13.2 Å². The third-order valence-electron chi connectivity index (χ3n) is 5.09. The van der Waals surface area contributed by atoms with Gasteiger partial charge in [0.2, 0.25) is 0 Å². The fraction of sp³-hybridized carbons (Fsp3) is 0.611. The van der Waals surface area contributed by atoms with Crippen LogP contribution >= 0.6 is 0 Å². The van der Waals surface area contributed by atoms with Gasteiger partial charge in [0, 0.05) is 6.54 Å². The molecule has 3 rings (SSSR count). The topological polar surface area (TPSA) is 49.8 Å². The summed E-state index contributed by atoms with van der Waals surface area (Å²) in [7, 11) is 0. The fourth-order valence-corrected chi connectivity index (χ4v) is 3.80. The standard InChI is InChI=1S/C18H25NO3/c20-18(21)19-12-4-7-16(19)13-22-17-10-8-15(9-11-17)14-5-2-1-3-6-14/h1-3,5-6,15-17H,4,7-13H2,(H,20,21). The second-order valence-electron chi connectivity index (χ2n) is 6.49. The van der Waals surface area contributed by atoms with Crippen molar-refractivity contribution in [3.05, 3.63) is 35.9 Å². The van der Waals surface area contributed by atoms with Gasteiger partial charge in [0.05, 0.1) is 18.8 Å². The fourth-order valence-electron chi connectivity index (χ4n) is 3.80. The van der Waals surface area contributed by atoms with Crippen LogP contribution in [0, 0.1) is 0 Å². The predicted molar refractivity (Wildman–Crippen MR) is 85.1 cm³/mol. The zero-order valence-corrected chi connectivity index (χ0v) is 13.0. The lowest BCUT2D eigenvalue weighted by Gasteiger charge is -2.30. The summed E-state index contributed by atoms with van der Waals surface area (Å²) in [6, 6.07) is 10.8. The molecular formula is C18H25NO3. The molecule has 1 aromatic rings. The van der Waals surface area contributed by atoms with Crippen molar-refractivity contribution in [1.82, 2.24) is 4.90 Å². The summed E-state index contributed by atoms with van der Waals surface area (Å²) in [6.07, 6.45) is 5.89. The normalized spacial score (nSPS) is 28.7. The smallest absolute Gasteiger partial charge is 0.407 e. The summed E-state index contributed by atoms with van der Waals surface area (Å²) < 4.78 is 6.03. The molecule has 0 radical (unpaired) electrons. The molecule has 1 N–H and O–H groups in total. The second-order valence-corrected chi connectivity index (χ2v) is 6.49. The molecule has 1 unspecified atom stereocenters. The number of benzene rings is 1. The van der Waals surface area contributed by atoms with Gasteiger partial charge in [0.15, 0.2) is 0 Å². The molecule has 0 aromatic heterocycles. The van der Waals surface area contributed by atoms with Gasteiger partial charge in [-0.3, -0.25) is 0 Å². The molecule has 1 aliphatic carbocycles. The number of nitrogens with zero attached hydrogens (tertiary/aromatic N) is 1. The molecular weight excluding hydrogens is 278 g/mol. The van der Waals surface area contributed by atoms with Gasteiger partial charge in [-0.15, -0.1) is 0 Å². The van der Waals surface area contributed by atoms with Gasteiger partial charge >= 0.3 is 6.09 Å². The van der Waals surface area contributed by atoms with E-state index in [-0.39, 0.29) is 6.04 Å². The molecule has 1 amide bonds. The highest BCUT2D eigenvalue weighted by atomic mass is 16.5. The molecule has 1 saturated heterocycles. The summed E-state index contributed by atoms with van der Waals surface area (Å²) in [5.74, 6) is 0.656. The zero-order chi connectivity index (χ0) is 15.4. The van der Waals surface area contributed by atoms with Crippen molar-refractivity contribution in [3.8, 4) is 0 Å². The van der Waals surface area contributed by atoms with Crippen LogP contribution in [0.2, 0.25) is 0 Å². The van der Waals surface area contributed by atoms with Gasteiger partial charge in [0.25, 0.3) is 0 Å². The van der Waals surface area contributed by atoms with E-state index in [9.17, 15) is 4.79 Å². The number of amides is 1. The Balaban J connectivity index is 1.43. The van der Waals surface area contributed by atoms with Gasteiger partial charge in [-0.1, -0.05) is 30.3 Å². The molecule has 0 spiro atoms. The average Bonchev–Trinajstić information content (AvgIpc) is 3.03. The van der Waals surface area contributed by atoms with Crippen LogP contribution in [0.4, 0.5) is 4.79 Å². The maximum atomic E-state index is 11.1. The average molecular weight is 303 g/mol. The summed E-state index contributed by atoms with van der Waals surface area (Å²) in [4.78, 5) is 12.7. The zero-order valence-electron chi connectivity index (χ0n) is 13.0. The molecule has 120 valence electrons. The van der Waals surface area contributed by atoms with E-state index >= 15 is 0 Å². The Labute approximate surface area is 132 Å². The highest BCUT2D eigenvalue weighted by molar-refractivity contribution is 5.65. The molecule has 0 bridgehead atoms. The van der Waals surface area contributed by atoms with Gasteiger partial charge in [0.1, 0.15) is 0 Å². The van der Waals surface area contributed by atoms with Gasteiger partial charge < -0.3 is 14.7 Å². The summed E-state index contributed by atoms with van der Waals surface area (Å²) in [5, 5.41) is 9.15. The largest absolute Gasteiger partial charge is 0.465 e. The first kappa shape index (κ1) is 15.3. The first-order valence-corrected chi connectivity index (χ1v) is 8.40. The summed E-state index contributed by atoms with van der Waals surface area (Å²) in [5.41, 5.74) is 1.44. The minimum Gasteiger partial charge on any atom is -0.465 e. The van der Waals surface area contributed by atoms with Crippen LogP contribution in [0.15, 0.2) is 30.3 Å². The first-order valence-electron chi connectivity index (χ1n) is 8.40. The van der Waals surface area contributed by atoms with Crippen molar-refractivity contribution < 1.29 is 14.6 Å². The molecule has 4 heteroatoms. The van der Waals surface area contributed by atoms with E-state index in [4.69, 9.17) is 9.84 Å². The van der Waals surface area contributed by atoms with Crippen molar-refractivity contribution in [2.24, 2.45) is 0 Å². The van der Waals surface area contributed by atoms with Gasteiger partial charge in [-0.2, -0.15) is 0 Å². The highest BCUT2D eigenvalue weighted by Crippen LogP contribution is 2.34. The highest BCUT2D eigenvalue weighted by Gasteiger charge is 2.30. The lowest BCUT2D eigenvalue weighted by Crippen LogP contribution is -2.38. The Kier molecular flexibility index (Phi) is 4.98. The van der Waals surface area contributed by atoms with Crippen molar-refractivity contribution in [2.45, 2.75) is 56.6 Å². The summed E-state index contributed by atoms with van der Waals surface area (Å²) >= 11 is 0. The van der Waals surface area contributed by atoms with Crippen LogP contribution in [0.1, 0.15) is 50.0 Å². The van der Waals surface area contributed by atoms with Crippen LogP contribution in [-0.2, 0) is 4.74 Å². The van der Waals surface area contributed by atoms with Crippen LogP contribution in [-0.4, -0.2) is 41.4 Å². The van der Waals surface area contributed by atoms with Gasteiger partial charge in [-0.25, -0.2) is 4.79 Å². The lowest BCUT2D eigenvalue weighted by molar-refractivity contribution is -0.00103. The van der Waals surface area contributed by atoms with Crippen LogP contribution < -0.4 is 0 Å². The minimum atomic E-state index is -0.807. The Hall–Kier alpha value is -1.55. The van der Waals surface area contributed by atoms with E-state index in [2.05, 4.69) is 30.3 Å². The first-order chi connectivity index (χ1) is 10.7. The Morgan fingerprint density at radius 3 is 2.55 bits per heavy atom. The monoisotopic (exact) mass is 303 g/mol. The number of hydrogen-bond donors (Lipinski definition) is 1. The van der Waals surface area contributed by atoms with Crippen molar-refractivity contribution in [1.29, 1.82) is 0 Å². The molecule has 1 aliphatic heterocycles. The SMILES string of the molecule is O=C(O)N1CCCC1COC1CCC(c2ccccc2)CC1. The molecule has 1 aromatic carbocycles. The molecule has 2 fully saturated rings.